The van der Waals surface area contributed by atoms with E-state index in [-0.39, 0.29) is 47.6 Å². The molecule has 2 aromatic heterocycles. The molecule has 10 nitrogen and oxygen atoms in total. The number of fused-ring (bicyclic) bond motifs is 7. The van der Waals surface area contributed by atoms with Crippen LogP contribution < -0.4 is 9.64 Å². The minimum Gasteiger partial charge on any atom is -0.508 e. The second kappa shape index (κ2) is 12.4. The minimum atomic E-state index is -0.918. The third-order valence-corrected chi connectivity index (χ3v) is 12.7. The van der Waals surface area contributed by atoms with E-state index in [0.29, 0.717) is 63.4 Å². The number of alkyl halides is 1. The van der Waals surface area contributed by atoms with Gasteiger partial charge in [0.25, 0.3) is 0 Å². The van der Waals surface area contributed by atoms with Crippen molar-refractivity contribution in [1.82, 2.24) is 29.5 Å². The molecule has 3 aromatic carbocycles. The molecule has 5 atom stereocenters. The quantitative estimate of drug-likeness (QED) is 0.198. The average molecular weight is 728 g/mol. The van der Waals surface area contributed by atoms with E-state index in [4.69, 9.17) is 24.5 Å². The number of likely N-dealkylation sites (tertiary alicyclic amines) is 1. The van der Waals surface area contributed by atoms with Crippen molar-refractivity contribution in [3.8, 4) is 22.9 Å². The first-order valence-electron chi connectivity index (χ1n) is 19.1. The van der Waals surface area contributed by atoms with Crippen molar-refractivity contribution in [2.75, 3.05) is 50.8 Å². The molecule has 3 unspecified atom stereocenters. The van der Waals surface area contributed by atoms with Crippen molar-refractivity contribution in [1.29, 1.82) is 0 Å². The molecule has 278 valence electrons. The largest absolute Gasteiger partial charge is 0.508 e. The summed E-state index contributed by atoms with van der Waals surface area (Å²) in [5.41, 5.74) is 0.918. The fourth-order valence-corrected chi connectivity index (χ4v) is 10.3. The van der Waals surface area contributed by atoms with Crippen LogP contribution in [0, 0.1) is 11.6 Å². The number of phenolic OH excluding ortho intramolecular Hbond substituents is 1. The van der Waals surface area contributed by atoms with Crippen LogP contribution in [0.1, 0.15) is 51.0 Å². The molecule has 7 heterocycles. The highest BCUT2D eigenvalue weighted by Crippen LogP contribution is 2.47. The first-order valence-corrected chi connectivity index (χ1v) is 19.1. The van der Waals surface area contributed by atoms with E-state index >= 15 is 8.78 Å². The third kappa shape index (κ3) is 5.28. The highest BCUT2D eigenvalue weighted by atomic mass is 19.1. The smallest absolute Gasteiger partial charge is 0.319 e. The van der Waals surface area contributed by atoms with Gasteiger partial charge in [0.1, 0.15) is 41.2 Å². The van der Waals surface area contributed by atoms with Crippen LogP contribution in [0.25, 0.3) is 43.7 Å². The van der Waals surface area contributed by atoms with E-state index in [1.165, 1.54) is 12.1 Å². The first kappa shape index (κ1) is 33.4. The number of hydrogen-bond acceptors (Lipinski definition) is 9. The van der Waals surface area contributed by atoms with Gasteiger partial charge in [0.05, 0.1) is 17.0 Å². The van der Waals surface area contributed by atoms with Crippen molar-refractivity contribution in [3.63, 3.8) is 0 Å². The van der Waals surface area contributed by atoms with Gasteiger partial charge in [0, 0.05) is 75.5 Å². The zero-order chi connectivity index (χ0) is 36.2. The fourth-order valence-electron chi connectivity index (χ4n) is 10.3. The number of rotatable bonds is 8. The molecule has 1 N–H and O–H groups in total. The Morgan fingerprint density at radius 1 is 1.04 bits per heavy atom. The van der Waals surface area contributed by atoms with Crippen LogP contribution in [0.15, 0.2) is 30.5 Å². The van der Waals surface area contributed by atoms with Crippen molar-refractivity contribution in [2.45, 2.75) is 81.8 Å². The molecule has 13 heteroatoms. The number of halogens is 3. The van der Waals surface area contributed by atoms with Crippen LogP contribution in [0.4, 0.5) is 19.0 Å². The Morgan fingerprint density at radius 2 is 1.85 bits per heavy atom. The van der Waals surface area contributed by atoms with Gasteiger partial charge in [-0.05, 0) is 85.2 Å². The van der Waals surface area contributed by atoms with Gasteiger partial charge in [-0.15, -0.1) is 0 Å². The lowest BCUT2D eigenvalue weighted by atomic mass is 9.90. The van der Waals surface area contributed by atoms with Gasteiger partial charge in [-0.1, -0.05) is 13.0 Å². The third-order valence-electron chi connectivity index (χ3n) is 12.7. The molecule has 0 spiro atoms. The maximum Gasteiger partial charge on any atom is 0.319 e. The Morgan fingerprint density at radius 3 is 2.60 bits per heavy atom. The summed E-state index contributed by atoms with van der Waals surface area (Å²) in [5, 5.41) is 18.1. The normalized spacial score (nSPS) is 27.4. The summed E-state index contributed by atoms with van der Waals surface area (Å²) in [4.78, 5) is 17.0. The lowest BCUT2D eigenvalue weighted by Crippen LogP contribution is -2.56. The van der Waals surface area contributed by atoms with Crippen LogP contribution in [0.2, 0.25) is 0 Å². The van der Waals surface area contributed by atoms with Crippen molar-refractivity contribution >= 4 is 38.4 Å². The molecule has 5 aliphatic rings. The van der Waals surface area contributed by atoms with Crippen molar-refractivity contribution < 1.29 is 27.8 Å². The number of ether oxygens (including phenoxy) is 2. The number of aromatic nitrogens is 4. The second-order valence-corrected chi connectivity index (χ2v) is 15.9. The maximum atomic E-state index is 17.8. The molecule has 0 aliphatic carbocycles. The number of hydrogen-bond donors (Lipinski definition) is 1. The van der Waals surface area contributed by atoms with Gasteiger partial charge in [0.2, 0.25) is 0 Å². The molecule has 5 aliphatic heterocycles. The van der Waals surface area contributed by atoms with E-state index < -0.39 is 23.3 Å². The van der Waals surface area contributed by atoms with Crippen LogP contribution in [0.3, 0.4) is 0 Å². The molecule has 5 saturated heterocycles. The van der Waals surface area contributed by atoms with Gasteiger partial charge in [-0.2, -0.15) is 15.1 Å². The number of benzene rings is 3. The van der Waals surface area contributed by atoms with Crippen LogP contribution >= 0.6 is 0 Å². The Hall–Kier alpha value is -4.20. The van der Waals surface area contributed by atoms with E-state index in [2.05, 4.69) is 14.7 Å². The topological polar surface area (TPSA) is 92.0 Å². The van der Waals surface area contributed by atoms with E-state index in [9.17, 15) is 9.50 Å². The summed E-state index contributed by atoms with van der Waals surface area (Å²) in [5.74, 6) is -0.498. The predicted molar refractivity (Wildman–Crippen MR) is 196 cm³/mol. The number of anilines is 1. The molecule has 5 aromatic rings. The number of piperazine rings is 1. The lowest BCUT2D eigenvalue weighted by molar-refractivity contribution is -0.0687. The summed E-state index contributed by atoms with van der Waals surface area (Å²) in [6, 6.07) is 6.39. The van der Waals surface area contributed by atoms with Crippen LogP contribution in [0.5, 0.6) is 11.8 Å². The van der Waals surface area contributed by atoms with Gasteiger partial charge >= 0.3 is 6.01 Å². The van der Waals surface area contributed by atoms with Gasteiger partial charge < -0.3 is 19.5 Å². The maximum absolute atomic E-state index is 17.8. The summed E-state index contributed by atoms with van der Waals surface area (Å²) < 4.78 is 61.8. The number of aromatic hydroxyl groups is 1. The molecule has 0 saturated carbocycles. The molecule has 2 bridgehead atoms. The molecule has 53 heavy (non-hydrogen) atoms. The van der Waals surface area contributed by atoms with Crippen LogP contribution in [-0.2, 0) is 18.2 Å². The highest BCUT2D eigenvalue weighted by molar-refractivity contribution is 6.18. The molecule has 0 radical (unpaired) electrons. The van der Waals surface area contributed by atoms with Gasteiger partial charge in [-0.3, -0.25) is 14.5 Å². The summed E-state index contributed by atoms with van der Waals surface area (Å²) in [7, 11) is 1.79. The molecular weight excluding hydrogens is 683 g/mol. The molecular formula is C40H44F3N7O3. The zero-order valence-corrected chi connectivity index (χ0v) is 30.1. The van der Waals surface area contributed by atoms with Gasteiger partial charge in [0.15, 0.2) is 5.82 Å². The monoisotopic (exact) mass is 727 g/mol. The summed E-state index contributed by atoms with van der Waals surface area (Å²) >= 11 is 0. The fraction of sp³-hybridized carbons (Fsp3) is 0.525. The van der Waals surface area contributed by atoms with E-state index in [0.717, 1.165) is 64.9 Å². The van der Waals surface area contributed by atoms with E-state index in [1.807, 2.05) is 13.1 Å². The Labute approximate surface area is 305 Å². The Balaban J connectivity index is 1.18. The molecule has 0 amide bonds. The first-order chi connectivity index (χ1) is 25.7. The standard InChI is InChI=1S/C40H44F3N7O3/c1-3-28-31(42)8-5-22-13-26(51)14-29(32(22)28)33-35(43)37-34(30-20-47(2)46-36(30)33)38(50-24-6-7-25(50)18-48(17-24)19-27-9-12-52-27)45-39(44-37)53-21-40-10-4-11-49(40)16-23(41)15-40/h5,8,13-14,20,23-25,27,51H,3-4,6-7,9-12,15-19,21H2,1-2H3/t23-,24?,25?,27?,40+/m1/s1. The number of aryl methyl sites for hydroxylation is 2. The number of nitrogens with zero attached hydrogens (tertiary/aromatic N) is 7. The Kier molecular flexibility index (Phi) is 7.82. The van der Waals surface area contributed by atoms with Gasteiger partial charge in [-0.25, -0.2) is 13.2 Å². The number of phenols is 1. The molecule has 5 fully saturated rings. The van der Waals surface area contributed by atoms with E-state index in [1.54, 1.807) is 23.9 Å². The van der Waals surface area contributed by atoms with Crippen LogP contribution in [-0.4, -0.2) is 110 Å². The summed E-state index contributed by atoms with van der Waals surface area (Å²) in [6.07, 6.45) is 6.79. The Bertz CT molecular complexity index is 2270. The minimum absolute atomic E-state index is 0.0508. The van der Waals surface area contributed by atoms with Crippen molar-refractivity contribution in [2.24, 2.45) is 7.05 Å². The SMILES string of the molecule is CCc1c(F)ccc2cc(O)cc(-c3c(F)c4nc(OC[C@@]56CCCN5C[C@H](F)C6)nc(N5C6CCC5CN(CC5CCO5)C6)c4c4cn(C)nc34)c12. The van der Waals surface area contributed by atoms with Crippen molar-refractivity contribution in [3.05, 3.63) is 47.7 Å². The second-order valence-electron chi connectivity index (χ2n) is 15.9. The average Bonchev–Trinajstić information content (AvgIpc) is 3.84. The lowest BCUT2D eigenvalue weighted by Gasteiger charge is -2.44. The predicted octanol–water partition coefficient (Wildman–Crippen LogP) is 6.28. The highest BCUT2D eigenvalue weighted by Gasteiger charge is 2.50. The molecule has 10 rings (SSSR count). The zero-order valence-electron chi connectivity index (χ0n) is 30.1. The summed E-state index contributed by atoms with van der Waals surface area (Å²) in [6.45, 7) is 6.68.